The number of aliphatic carboxylic acids is 1. The van der Waals surface area contributed by atoms with E-state index >= 15 is 0 Å². The van der Waals surface area contributed by atoms with Crippen LogP contribution in [0.25, 0.3) is 0 Å². The summed E-state index contributed by atoms with van der Waals surface area (Å²) in [7, 11) is 0. The Kier molecular flexibility index (Phi) is 8.38. The van der Waals surface area contributed by atoms with Crippen LogP contribution in [-0.4, -0.2) is 82.0 Å². The highest BCUT2D eigenvalue weighted by atomic mass is 19.1. The molecule has 1 N–H and O–H groups in total. The Hall–Kier alpha value is -3.35. The lowest BCUT2D eigenvalue weighted by atomic mass is 9.87. The van der Waals surface area contributed by atoms with Crippen LogP contribution in [0.2, 0.25) is 0 Å². The number of hydrogen-bond donors (Lipinski definition) is 1. The normalized spacial score (nSPS) is 23.4. The van der Waals surface area contributed by atoms with Gasteiger partial charge in [0.05, 0.1) is 17.6 Å². The van der Waals surface area contributed by atoms with Crippen LogP contribution in [0.15, 0.2) is 42.5 Å². The molecule has 7 nitrogen and oxygen atoms in total. The molecule has 39 heavy (non-hydrogen) atoms. The molecule has 208 valence electrons. The average molecular weight is 539 g/mol. The van der Waals surface area contributed by atoms with Gasteiger partial charge in [-0.1, -0.05) is 18.2 Å². The van der Waals surface area contributed by atoms with Gasteiger partial charge in [-0.2, -0.15) is 5.26 Å². The van der Waals surface area contributed by atoms with Crippen molar-refractivity contribution in [2.24, 2.45) is 5.92 Å². The molecule has 2 saturated heterocycles. The summed E-state index contributed by atoms with van der Waals surface area (Å²) in [5.74, 6) is -3.21. The number of benzene rings is 2. The lowest BCUT2D eigenvalue weighted by Gasteiger charge is -2.43. The molecule has 0 bridgehead atoms. The average Bonchev–Trinajstić information content (AvgIpc) is 3.33. The number of carboxylic acid groups (broad SMARTS) is 1. The van der Waals surface area contributed by atoms with Crippen molar-refractivity contribution in [3.63, 3.8) is 0 Å². The maximum absolute atomic E-state index is 14.9. The number of carbonyl (C=O) groups is 2. The third-order valence-electron chi connectivity index (χ3n) is 8.13. The molecule has 9 heteroatoms. The predicted octanol–water partition coefficient (Wildman–Crippen LogP) is 3.88. The summed E-state index contributed by atoms with van der Waals surface area (Å²) >= 11 is 0. The molecule has 0 spiro atoms. The standard InChI is InChI=1S/C30H36F2N4O3/c1-19-16-34(27(29(38)39)13-20-5-7-21(15-33)8-6-20)11-12-36(19)28(37)25-18-35(30(2,3)4)17-24(25)23-10-9-22(31)14-26(23)32/h5-10,14,19,24-25,27H,11-13,16-18H2,1-4H3,(H,38,39)/t19-,24-,25+,27-/m0/s1. The van der Waals surface area contributed by atoms with Crippen LogP contribution in [0, 0.1) is 28.9 Å². The van der Waals surface area contributed by atoms with Crippen LogP contribution in [-0.2, 0) is 16.0 Å². The maximum Gasteiger partial charge on any atom is 0.321 e. The first-order valence-electron chi connectivity index (χ1n) is 13.4. The van der Waals surface area contributed by atoms with Gasteiger partial charge in [0.15, 0.2) is 0 Å². The fourth-order valence-corrected chi connectivity index (χ4v) is 5.84. The summed E-state index contributed by atoms with van der Waals surface area (Å²) < 4.78 is 28.5. The number of carboxylic acids is 1. The molecule has 2 aromatic carbocycles. The SMILES string of the molecule is C[C@H]1CN([C@@H](Cc2ccc(C#N)cc2)C(=O)O)CCN1C(=O)[C@@H]1CN(C(C)(C)C)C[C@H]1c1ccc(F)cc1F. The van der Waals surface area contributed by atoms with Gasteiger partial charge >= 0.3 is 5.97 Å². The largest absolute Gasteiger partial charge is 0.480 e. The lowest BCUT2D eigenvalue weighted by Crippen LogP contribution is -2.59. The zero-order valence-electron chi connectivity index (χ0n) is 22.9. The van der Waals surface area contributed by atoms with Crippen molar-refractivity contribution in [1.29, 1.82) is 5.26 Å². The molecule has 0 saturated carbocycles. The molecule has 2 aliphatic heterocycles. The highest BCUT2D eigenvalue weighted by Gasteiger charge is 2.46. The highest BCUT2D eigenvalue weighted by Crippen LogP contribution is 2.39. The Morgan fingerprint density at radius 2 is 1.77 bits per heavy atom. The predicted molar refractivity (Wildman–Crippen MR) is 143 cm³/mol. The minimum Gasteiger partial charge on any atom is -0.480 e. The third-order valence-corrected chi connectivity index (χ3v) is 8.13. The quantitative estimate of drug-likeness (QED) is 0.601. The van der Waals surface area contributed by atoms with Crippen molar-refractivity contribution in [2.45, 2.75) is 57.7 Å². The second kappa shape index (κ2) is 11.4. The van der Waals surface area contributed by atoms with Crippen LogP contribution in [0.3, 0.4) is 0 Å². The van der Waals surface area contributed by atoms with Crippen molar-refractivity contribution < 1.29 is 23.5 Å². The second-order valence-corrected chi connectivity index (χ2v) is 11.7. The number of nitrogens with zero attached hydrogens (tertiary/aromatic N) is 4. The Morgan fingerprint density at radius 1 is 1.08 bits per heavy atom. The molecule has 2 fully saturated rings. The Labute approximate surface area is 228 Å². The van der Waals surface area contributed by atoms with E-state index < -0.39 is 35.5 Å². The van der Waals surface area contributed by atoms with Gasteiger partial charge in [-0.3, -0.25) is 19.4 Å². The molecule has 0 aromatic heterocycles. The van der Waals surface area contributed by atoms with Gasteiger partial charge in [-0.05, 0) is 63.4 Å². The second-order valence-electron chi connectivity index (χ2n) is 11.7. The topological polar surface area (TPSA) is 87.9 Å². The van der Waals surface area contributed by atoms with E-state index in [1.54, 1.807) is 29.2 Å². The molecule has 2 heterocycles. The van der Waals surface area contributed by atoms with Crippen LogP contribution in [0.4, 0.5) is 8.78 Å². The number of rotatable bonds is 6. The highest BCUT2D eigenvalue weighted by molar-refractivity contribution is 5.81. The van der Waals surface area contributed by atoms with Crippen molar-refractivity contribution in [1.82, 2.24) is 14.7 Å². The molecule has 1 amide bonds. The van der Waals surface area contributed by atoms with Gasteiger partial charge in [0.2, 0.25) is 5.91 Å². The van der Waals surface area contributed by atoms with Crippen LogP contribution >= 0.6 is 0 Å². The van der Waals surface area contributed by atoms with E-state index in [1.807, 2.05) is 11.8 Å². The van der Waals surface area contributed by atoms with Crippen molar-refractivity contribution >= 4 is 11.9 Å². The van der Waals surface area contributed by atoms with Gasteiger partial charge < -0.3 is 10.0 Å². The van der Waals surface area contributed by atoms with Crippen LogP contribution in [0.1, 0.15) is 50.3 Å². The number of amides is 1. The Balaban J connectivity index is 1.50. The van der Waals surface area contributed by atoms with E-state index in [-0.39, 0.29) is 23.9 Å². The Morgan fingerprint density at radius 3 is 2.33 bits per heavy atom. The van der Waals surface area contributed by atoms with Gasteiger partial charge in [0, 0.05) is 56.3 Å². The molecule has 2 aromatic rings. The monoisotopic (exact) mass is 538 g/mol. The molecule has 0 radical (unpaired) electrons. The van der Waals surface area contributed by atoms with E-state index in [1.165, 1.54) is 12.1 Å². The summed E-state index contributed by atoms with van der Waals surface area (Å²) in [4.78, 5) is 32.0. The zero-order valence-corrected chi connectivity index (χ0v) is 22.9. The molecule has 4 atom stereocenters. The van der Waals surface area contributed by atoms with Gasteiger partial charge in [-0.15, -0.1) is 0 Å². The van der Waals surface area contributed by atoms with Gasteiger partial charge in [0.25, 0.3) is 0 Å². The number of likely N-dealkylation sites (tertiary alicyclic amines) is 1. The molecule has 0 aliphatic carbocycles. The third kappa shape index (κ3) is 6.29. The summed E-state index contributed by atoms with van der Waals surface area (Å²) in [5.41, 5.74) is 1.46. The Bertz CT molecular complexity index is 1250. The number of carbonyl (C=O) groups excluding carboxylic acids is 1. The van der Waals surface area contributed by atoms with E-state index in [0.29, 0.717) is 43.9 Å². The van der Waals surface area contributed by atoms with Crippen LogP contribution in [0.5, 0.6) is 0 Å². The zero-order chi connectivity index (χ0) is 28.5. The first-order chi connectivity index (χ1) is 18.4. The van der Waals surface area contributed by atoms with Crippen molar-refractivity contribution in [3.8, 4) is 6.07 Å². The molecular weight excluding hydrogens is 502 g/mol. The molecule has 2 aliphatic rings. The number of hydrogen-bond acceptors (Lipinski definition) is 5. The van der Waals surface area contributed by atoms with Crippen LogP contribution < -0.4 is 0 Å². The fourth-order valence-electron chi connectivity index (χ4n) is 5.84. The van der Waals surface area contributed by atoms with E-state index in [2.05, 4.69) is 31.7 Å². The molecule has 4 rings (SSSR count). The smallest absolute Gasteiger partial charge is 0.321 e. The van der Waals surface area contributed by atoms with E-state index in [9.17, 15) is 23.5 Å². The number of halogens is 2. The van der Waals surface area contributed by atoms with Gasteiger partial charge in [-0.25, -0.2) is 8.78 Å². The summed E-state index contributed by atoms with van der Waals surface area (Å²) in [5, 5.41) is 19.0. The minimum atomic E-state index is -0.935. The van der Waals surface area contributed by atoms with Gasteiger partial charge in [0.1, 0.15) is 17.7 Å². The summed E-state index contributed by atoms with van der Waals surface area (Å²) in [6.45, 7) is 10.2. The number of piperazine rings is 1. The lowest BCUT2D eigenvalue weighted by molar-refractivity contribution is -0.147. The maximum atomic E-state index is 14.9. The minimum absolute atomic E-state index is 0.0819. The number of nitriles is 1. The van der Waals surface area contributed by atoms with E-state index in [4.69, 9.17) is 5.26 Å². The summed E-state index contributed by atoms with van der Waals surface area (Å²) in [6.07, 6.45) is 0.288. The van der Waals surface area contributed by atoms with Crippen molar-refractivity contribution in [3.05, 3.63) is 70.8 Å². The summed E-state index contributed by atoms with van der Waals surface area (Å²) in [6, 6.07) is 11.5. The fraction of sp³-hybridized carbons (Fsp3) is 0.500. The van der Waals surface area contributed by atoms with E-state index in [0.717, 1.165) is 11.6 Å². The first-order valence-corrected chi connectivity index (χ1v) is 13.4. The van der Waals surface area contributed by atoms with Crippen molar-refractivity contribution in [2.75, 3.05) is 32.7 Å². The molecular formula is C30H36F2N4O3. The first kappa shape index (κ1) is 28.7. The molecule has 0 unspecified atom stereocenters.